The Labute approximate surface area is 198 Å². The molecule has 34 heavy (non-hydrogen) atoms. The number of sulfonamides is 1. The summed E-state index contributed by atoms with van der Waals surface area (Å²) >= 11 is 0. The summed E-state index contributed by atoms with van der Waals surface area (Å²) in [4.78, 5) is 42.1. The van der Waals surface area contributed by atoms with Crippen molar-refractivity contribution in [3.05, 3.63) is 68.4 Å². The number of allylic oxidation sites excluding steroid dienone is 1. The first-order chi connectivity index (χ1) is 16.1. The second kappa shape index (κ2) is 10.8. The third-order valence-corrected chi connectivity index (χ3v) is 7.20. The summed E-state index contributed by atoms with van der Waals surface area (Å²) in [5.41, 5.74) is 6.63. The van der Waals surface area contributed by atoms with Gasteiger partial charge in [0.15, 0.2) is 5.69 Å². The molecule has 0 saturated heterocycles. The first kappa shape index (κ1) is 25.4. The molecule has 1 aliphatic rings. The Morgan fingerprint density at radius 1 is 1.18 bits per heavy atom. The van der Waals surface area contributed by atoms with E-state index >= 15 is 0 Å². The Bertz CT molecular complexity index is 1280. The van der Waals surface area contributed by atoms with Crippen molar-refractivity contribution in [2.24, 2.45) is 0 Å². The Hall–Kier alpha value is -3.18. The summed E-state index contributed by atoms with van der Waals surface area (Å²) in [5, 5.41) is 0. The van der Waals surface area contributed by atoms with Gasteiger partial charge in [0.25, 0.3) is 5.56 Å². The van der Waals surface area contributed by atoms with E-state index in [0.29, 0.717) is 6.42 Å². The number of benzene rings is 1. The number of nitrogens with zero attached hydrogens (tertiary/aromatic N) is 3. The highest BCUT2D eigenvalue weighted by Gasteiger charge is 2.27. The van der Waals surface area contributed by atoms with Gasteiger partial charge in [-0.2, -0.15) is 4.31 Å². The van der Waals surface area contributed by atoms with Gasteiger partial charge in [0.2, 0.25) is 15.9 Å². The lowest BCUT2D eigenvalue weighted by molar-refractivity contribution is -0.118. The van der Waals surface area contributed by atoms with E-state index in [-0.39, 0.29) is 24.6 Å². The molecule has 0 atom stereocenters. The van der Waals surface area contributed by atoms with Crippen LogP contribution >= 0.6 is 0 Å². The van der Waals surface area contributed by atoms with Gasteiger partial charge < -0.3 is 10.6 Å². The maximum atomic E-state index is 13.2. The zero-order valence-corrected chi connectivity index (χ0v) is 20.3. The largest absolute Gasteiger partial charge is 0.383 e. The van der Waals surface area contributed by atoms with Crippen molar-refractivity contribution in [2.75, 3.05) is 37.0 Å². The molecule has 1 aliphatic carbocycles. The maximum Gasteiger partial charge on any atom is 0.330 e. The number of hydrogen-bond acceptors (Lipinski definition) is 6. The van der Waals surface area contributed by atoms with Gasteiger partial charge in [0.1, 0.15) is 5.82 Å². The number of anilines is 2. The fourth-order valence-electron chi connectivity index (χ4n) is 3.90. The smallest absolute Gasteiger partial charge is 0.330 e. The Morgan fingerprint density at radius 2 is 1.88 bits per heavy atom. The summed E-state index contributed by atoms with van der Waals surface area (Å²) < 4.78 is 25.9. The standard InChI is InChI=1S/C23H31N5O5S/c1-26(34(2,32)33)16-19(29)27(14-13-17-9-5-3-6-10-17)20-21(24)28(23(31)25-22(20)30)15-18-11-7-4-8-12-18/h4,7-9,11-12H,3,5-6,10,13-16,24H2,1-2H3,(H,25,30,31). The Balaban J connectivity index is 2.01. The van der Waals surface area contributed by atoms with Crippen molar-refractivity contribution in [3.8, 4) is 0 Å². The lowest BCUT2D eigenvalue weighted by Gasteiger charge is -2.27. The van der Waals surface area contributed by atoms with Gasteiger partial charge in [-0.25, -0.2) is 13.2 Å². The second-order valence-corrected chi connectivity index (χ2v) is 10.6. The van der Waals surface area contributed by atoms with Gasteiger partial charge in [0, 0.05) is 13.6 Å². The first-order valence-corrected chi connectivity index (χ1v) is 13.0. The highest BCUT2D eigenvalue weighted by Crippen LogP contribution is 2.23. The molecule has 0 saturated carbocycles. The fourth-order valence-corrected chi connectivity index (χ4v) is 4.25. The van der Waals surface area contributed by atoms with E-state index in [1.807, 2.05) is 30.3 Å². The number of aromatic nitrogens is 2. The van der Waals surface area contributed by atoms with Crippen molar-refractivity contribution in [3.63, 3.8) is 0 Å². The van der Waals surface area contributed by atoms with Gasteiger partial charge in [-0.05, 0) is 37.7 Å². The van der Waals surface area contributed by atoms with Crippen LogP contribution in [0.15, 0.2) is 51.6 Å². The molecule has 2 aromatic rings. The third-order valence-electron chi connectivity index (χ3n) is 5.93. The normalized spacial score (nSPS) is 14.1. The molecule has 184 valence electrons. The molecule has 1 amide bonds. The van der Waals surface area contributed by atoms with E-state index in [1.54, 1.807) is 0 Å². The van der Waals surface area contributed by atoms with Crippen molar-refractivity contribution in [1.82, 2.24) is 13.9 Å². The lowest BCUT2D eigenvalue weighted by Crippen LogP contribution is -2.46. The second-order valence-electron chi connectivity index (χ2n) is 8.49. The van der Waals surface area contributed by atoms with Crippen LogP contribution in [0.5, 0.6) is 0 Å². The zero-order valence-electron chi connectivity index (χ0n) is 19.5. The van der Waals surface area contributed by atoms with E-state index in [9.17, 15) is 22.8 Å². The number of amides is 1. The van der Waals surface area contributed by atoms with Gasteiger partial charge >= 0.3 is 5.69 Å². The van der Waals surface area contributed by atoms with Crippen LogP contribution in [0, 0.1) is 0 Å². The summed E-state index contributed by atoms with van der Waals surface area (Å²) in [6.07, 6.45) is 7.70. The molecule has 11 heteroatoms. The van der Waals surface area contributed by atoms with Gasteiger partial charge in [0.05, 0.1) is 19.3 Å². The minimum Gasteiger partial charge on any atom is -0.383 e. The SMILES string of the molecule is CN(CC(=O)N(CCC1=CCCCC1)c1c(N)n(Cc2ccccc2)c(=O)[nH]c1=O)S(C)(=O)=O. The first-order valence-electron chi connectivity index (χ1n) is 11.1. The summed E-state index contributed by atoms with van der Waals surface area (Å²) in [6, 6.07) is 9.11. The molecule has 0 aliphatic heterocycles. The number of nitrogens with two attached hydrogens (primary N) is 1. The molecule has 1 aromatic heterocycles. The number of hydrogen-bond donors (Lipinski definition) is 2. The summed E-state index contributed by atoms with van der Waals surface area (Å²) in [6.45, 7) is -0.223. The zero-order chi connectivity index (χ0) is 24.9. The average molecular weight is 490 g/mol. The molecular formula is C23H31N5O5S. The van der Waals surface area contributed by atoms with E-state index in [4.69, 9.17) is 5.73 Å². The maximum absolute atomic E-state index is 13.2. The number of likely N-dealkylation sites (N-methyl/N-ethyl adjacent to an activating group) is 1. The van der Waals surface area contributed by atoms with E-state index in [2.05, 4.69) is 11.1 Å². The molecule has 3 rings (SSSR count). The lowest BCUT2D eigenvalue weighted by atomic mass is 9.97. The fraction of sp³-hybridized carbons (Fsp3) is 0.435. The van der Waals surface area contributed by atoms with Crippen LogP contribution in [-0.4, -0.2) is 54.6 Å². The van der Waals surface area contributed by atoms with Crippen molar-refractivity contribution in [1.29, 1.82) is 0 Å². The molecular weight excluding hydrogens is 458 g/mol. The molecule has 0 fully saturated rings. The van der Waals surface area contributed by atoms with E-state index in [1.165, 1.54) is 22.1 Å². The molecule has 0 spiro atoms. The Morgan fingerprint density at radius 3 is 2.50 bits per heavy atom. The van der Waals surface area contributed by atoms with Crippen LogP contribution in [0.4, 0.5) is 11.5 Å². The van der Waals surface area contributed by atoms with E-state index < -0.39 is 33.7 Å². The highest BCUT2D eigenvalue weighted by atomic mass is 32.2. The van der Waals surface area contributed by atoms with Crippen molar-refractivity contribution in [2.45, 2.75) is 38.6 Å². The predicted octanol–water partition coefficient (Wildman–Crippen LogP) is 1.28. The van der Waals surface area contributed by atoms with Crippen LogP contribution in [0.2, 0.25) is 0 Å². The average Bonchev–Trinajstić information content (AvgIpc) is 2.79. The molecule has 10 nitrogen and oxygen atoms in total. The quantitative estimate of drug-likeness (QED) is 0.509. The third kappa shape index (κ3) is 6.23. The number of rotatable bonds is 9. The number of H-pyrrole nitrogens is 1. The summed E-state index contributed by atoms with van der Waals surface area (Å²) in [5.74, 6) is -0.753. The van der Waals surface area contributed by atoms with Gasteiger partial charge in [-0.3, -0.25) is 19.1 Å². The van der Waals surface area contributed by atoms with Crippen LogP contribution in [0.1, 0.15) is 37.7 Å². The van der Waals surface area contributed by atoms with Crippen molar-refractivity contribution < 1.29 is 13.2 Å². The minimum absolute atomic E-state index is 0.103. The van der Waals surface area contributed by atoms with Crippen LogP contribution in [0.25, 0.3) is 0 Å². The molecule has 0 radical (unpaired) electrons. The number of carbonyl (C=O) groups is 1. The molecule has 0 bridgehead atoms. The topological polar surface area (TPSA) is 139 Å². The number of aromatic amines is 1. The Kier molecular flexibility index (Phi) is 8.11. The van der Waals surface area contributed by atoms with E-state index in [0.717, 1.165) is 41.8 Å². The van der Waals surface area contributed by atoms with Crippen LogP contribution < -0.4 is 21.9 Å². The number of carbonyl (C=O) groups excluding carboxylic acids is 1. The molecule has 1 aromatic carbocycles. The van der Waals surface area contributed by atoms with Gasteiger partial charge in [-0.15, -0.1) is 0 Å². The molecule has 0 unspecified atom stereocenters. The number of nitrogens with one attached hydrogen (secondary N) is 1. The molecule has 3 N–H and O–H groups in total. The van der Waals surface area contributed by atoms with Crippen LogP contribution in [-0.2, 0) is 21.4 Å². The minimum atomic E-state index is -3.62. The predicted molar refractivity (Wildman–Crippen MR) is 132 cm³/mol. The van der Waals surface area contributed by atoms with Gasteiger partial charge in [-0.1, -0.05) is 42.0 Å². The summed E-state index contributed by atoms with van der Waals surface area (Å²) in [7, 11) is -2.33. The van der Waals surface area contributed by atoms with Crippen molar-refractivity contribution >= 4 is 27.4 Å². The highest BCUT2D eigenvalue weighted by molar-refractivity contribution is 7.88. The molecule has 1 heterocycles. The van der Waals surface area contributed by atoms with Crippen LogP contribution in [0.3, 0.4) is 0 Å². The monoisotopic (exact) mass is 489 g/mol. The number of nitrogen functional groups attached to an aromatic ring is 1.